The lowest BCUT2D eigenvalue weighted by atomic mass is 10.3. The number of hydrogen-bond acceptors (Lipinski definition) is 4. The molecule has 2 heterocycles. The number of pyridine rings is 1. The summed E-state index contributed by atoms with van der Waals surface area (Å²) in [6.07, 6.45) is 2.84. The number of carbonyl (C=O) groups excluding carboxylic acids is 1. The summed E-state index contributed by atoms with van der Waals surface area (Å²) in [5, 5.41) is 2.37. The Balaban J connectivity index is 1.82. The Labute approximate surface area is 150 Å². The molecule has 0 aliphatic carbocycles. The molecule has 0 saturated carbocycles. The molecule has 1 N–H and O–H groups in total. The molecule has 0 spiro atoms. The van der Waals surface area contributed by atoms with Gasteiger partial charge in [0, 0.05) is 19.3 Å². The first-order chi connectivity index (χ1) is 12.4. The summed E-state index contributed by atoms with van der Waals surface area (Å²) in [5.41, 5.74) is -0.783. The molecule has 7 nitrogen and oxygen atoms in total. The first kappa shape index (κ1) is 18.3. The maximum Gasteiger partial charge on any atom is 0.271 e. The molecule has 1 fully saturated rings. The van der Waals surface area contributed by atoms with Crippen LogP contribution in [0, 0.1) is 5.82 Å². The lowest BCUT2D eigenvalue weighted by molar-refractivity contribution is -0.116. The second-order valence-corrected chi connectivity index (χ2v) is 7.85. The van der Waals surface area contributed by atoms with Gasteiger partial charge in [0.05, 0.1) is 5.69 Å². The number of hydrogen-bond donors (Lipinski definition) is 1. The zero-order valence-electron chi connectivity index (χ0n) is 13.9. The van der Waals surface area contributed by atoms with Crippen molar-refractivity contribution in [3.05, 3.63) is 58.8 Å². The molecule has 0 bridgehead atoms. The van der Waals surface area contributed by atoms with Crippen LogP contribution in [0.25, 0.3) is 0 Å². The van der Waals surface area contributed by atoms with Gasteiger partial charge in [0.25, 0.3) is 5.56 Å². The van der Waals surface area contributed by atoms with Crippen molar-refractivity contribution in [2.24, 2.45) is 0 Å². The minimum absolute atomic E-state index is 0.00797. The molecule has 26 heavy (non-hydrogen) atoms. The molecule has 1 aliphatic rings. The van der Waals surface area contributed by atoms with Crippen molar-refractivity contribution in [1.29, 1.82) is 0 Å². The smallest absolute Gasteiger partial charge is 0.271 e. The maximum atomic E-state index is 13.6. The van der Waals surface area contributed by atoms with E-state index in [2.05, 4.69) is 5.32 Å². The first-order valence-corrected chi connectivity index (χ1v) is 9.57. The van der Waals surface area contributed by atoms with Crippen molar-refractivity contribution in [2.45, 2.75) is 24.3 Å². The lowest BCUT2D eigenvalue weighted by Crippen LogP contribution is -2.36. The summed E-state index contributed by atoms with van der Waals surface area (Å²) in [6.45, 7) is 0.339. The summed E-state index contributed by atoms with van der Waals surface area (Å²) in [5.74, 6) is -1.23. The van der Waals surface area contributed by atoms with Crippen LogP contribution in [0.4, 0.5) is 10.1 Å². The van der Waals surface area contributed by atoms with Crippen molar-refractivity contribution in [3.63, 3.8) is 0 Å². The number of para-hydroxylation sites is 1. The largest absolute Gasteiger partial charge is 0.322 e. The van der Waals surface area contributed by atoms with Gasteiger partial charge in [-0.1, -0.05) is 12.1 Å². The van der Waals surface area contributed by atoms with E-state index < -0.39 is 33.9 Å². The lowest BCUT2D eigenvalue weighted by Gasteiger charge is -2.16. The molecular formula is C17H18FN3O4S. The monoisotopic (exact) mass is 379 g/mol. The molecule has 0 unspecified atom stereocenters. The molecule has 1 aromatic carbocycles. The fraction of sp³-hybridized carbons (Fsp3) is 0.294. The zero-order valence-corrected chi connectivity index (χ0v) is 14.7. The molecule has 1 saturated heterocycles. The van der Waals surface area contributed by atoms with E-state index >= 15 is 0 Å². The molecule has 0 radical (unpaired) electrons. The van der Waals surface area contributed by atoms with Crippen molar-refractivity contribution >= 4 is 21.6 Å². The van der Waals surface area contributed by atoms with Gasteiger partial charge in [-0.25, -0.2) is 12.8 Å². The van der Waals surface area contributed by atoms with E-state index in [4.69, 9.17) is 0 Å². The Morgan fingerprint density at radius 2 is 1.81 bits per heavy atom. The molecule has 9 heteroatoms. The van der Waals surface area contributed by atoms with Crippen LogP contribution >= 0.6 is 0 Å². The number of nitrogens with zero attached hydrogens (tertiary/aromatic N) is 2. The number of aromatic nitrogens is 1. The van der Waals surface area contributed by atoms with E-state index in [0.29, 0.717) is 13.1 Å². The van der Waals surface area contributed by atoms with E-state index in [0.717, 1.165) is 17.4 Å². The van der Waals surface area contributed by atoms with Crippen LogP contribution in [-0.4, -0.2) is 36.3 Å². The van der Waals surface area contributed by atoms with Crippen LogP contribution in [0.2, 0.25) is 0 Å². The van der Waals surface area contributed by atoms with Crippen molar-refractivity contribution in [1.82, 2.24) is 8.87 Å². The number of halogens is 1. The highest BCUT2D eigenvalue weighted by atomic mass is 32.2. The number of sulfonamides is 1. The number of anilines is 1. The fourth-order valence-electron chi connectivity index (χ4n) is 2.81. The Kier molecular flexibility index (Phi) is 5.19. The highest BCUT2D eigenvalue weighted by Crippen LogP contribution is 2.18. The minimum atomic E-state index is -3.88. The van der Waals surface area contributed by atoms with Crippen molar-refractivity contribution in [2.75, 3.05) is 18.4 Å². The molecule has 1 amide bonds. The molecule has 138 valence electrons. The summed E-state index contributed by atoms with van der Waals surface area (Å²) < 4.78 is 41.0. The number of rotatable bonds is 5. The van der Waals surface area contributed by atoms with Crippen LogP contribution in [0.5, 0.6) is 0 Å². The van der Waals surface area contributed by atoms with E-state index in [1.54, 1.807) is 6.07 Å². The summed E-state index contributed by atoms with van der Waals surface area (Å²) in [4.78, 5) is 24.3. The Bertz CT molecular complexity index is 981. The third-order valence-corrected chi connectivity index (χ3v) is 6.04. The van der Waals surface area contributed by atoms with Crippen molar-refractivity contribution < 1.29 is 17.6 Å². The standard InChI is InChI=1S/C17H18FN3O4S/c18-13-6-1-2-7-14(13)19-16(22)12-20-9-5-8-15(17(20)23)26(24,25)21-10-3-4-11-21/h1-2,5-9H,3-4,10-12H2,(H,19,22). The van der Waals surface area contributed by atoms with Gasteiger partial charge < -0.3 is 9.88 Å². The van der Waals surface area contributed by atoms with Crippen LogP contribution in [-0.2, 0) is 21.4 Å². The highest BCUT2D eigenvalue weighted by molar-refractivity contribution is 7.89. The van der Waals surface area contributed by atoms with Gasteiger partial charge in [-0.15, -0.1) is 0 Å². The molecule has 3 rings (SSSR count). The summed E-state index contributed by atoms with van der Waals surface area (Å²) in [6, 6.07) is 8.29. The second-order valence-electron chi connectivity index (χ2n) is 5.94. The Hall–Kier alpha value is -2.52. The van der Waals surface area contributed by atoms with Crippen LogP contribution in [0.15, 0.2) is 52.3 Å². The molecule has 1 aromatic heterocycles. The number of amides is 1. The Morgan fingerprint density at radius 1 is 1.12 bits per heavy atom. The number of benzene rings is 1. The van der Waals surface area contributed by atoms with Gasteiger partial charge in [-0.2, -0.15) is 4.31 Å². The fourth-order valence-corrected chi connectivity index (χ4v) is 4.42. The third-order valence-electron chi connectivity index (χ3n) is 4.13. The topological polar surface area (TPSA) is 88.5 Å². The number of nitrogens with one attached hydrogen (secondary N) is 1. The van der Waals surface area contributed by atoms with Crippen LogP contribution < -0.4 is 10.9 Å². The molecule has 0 atom stereocenters. The predicted molar refractivity (Wildman–Crippen MR) is 93.7 cm³/mol. The normalized spacial score (nSPS) is 15.1. The molecule has 1 aliphatic heterocycles. The average molecular weight is 379 g/mol. The molecular weight excluding hydrogens is 361 g/mol. The molecule has 2 aromatic rings. The Morgan fingerprint density at radius 3 is 2.50 bits per heavy atom. The van der Waals surface area contributed by atoms with E-state index in [1.807, 2.05) is 0 Å². The minimum Gasteiger partial charge on any atom is -0.322 e. The van der Waals surface area contributed by atoms with Gasteiger partial charge in [-0.05, 0) is 37.1 Å². The third kappa shape index (κ3) is 3.68. The zero-order chi connectivity index (χ0) is 18.7. The van der Waals surface area contributed by atoms with Gasteiger partial charge in [0.1, 0.15) is 17.3 Å². The quantitative estimate of drug-likeness (QED) is 0.851. The van der Waals surface area contributed by atoms with Crippen LogP contribution in [0.1, 0.15) is 12.8 Å². The second kappa shape index (κ2) is 7.38. The highest BCUT2D eigenvalue weighted by Gasteiger charge is 2.30. The van der Waals surface area contributed by atoms with Crippen LogP contribution in [0.3, 0.4) is 0 Å². The van der Waals surface area contributed by atoms with E-state index in [1.165, 1.54) is 40.8 Å². The predicted octanol–water partition coefficient (Wildman–Crippen LogP) is 1.41. The SMILES string of the molecule is O=C(Cn1cccc(S(=O)(=O)N2CCCC2)c1=O)Nc1ccccc1F. The van der Waals surface area contributed by atoms with E-state index in [-0.39, 0.29) is 10.6 Å². The van der Waals surface area contributed by atoms with Gasteiger partial charge in [0.15, 0.2) is 0 Å². The van der Waals surface area contributed by atoms with Gasteiger partial charge in [0.2, 0.25) is 15.9 Å². The summed E-state index contributed by atoms with van der Waals surface area (Å²) in [7, 11) is -3.88. The van der Waals surface area contributed by atoms with Gasteiger partial charge in [-0.3, -0.25) is 9.59 Å². The average Bonchev–Trinajstić information content (AvgIpc) is 3.14. The van der Waals surface area contributed by atoms with Gasteiger partial charge >= 0.3 is 0 Å². The number of carbonyl (C=O) groups is 1. The maximum absolute atomic E-state index is 13.6. The summed E-state index contributed by atoms with van der Waals surface area (Å²) >= 11 is 0. The van der Waals surface area contributed by atoms with E-state index in [9.17, 15) is 22.4 Å². The van der Waals surface area contributed by atoms with Crippen molar-refractivity contribution in [3.8, 4) is 0 Å². The first-order valence-electron chi connectivity index (χ1n) is 8.13.